The number of rotatable bonds is 4. The molecule has 0 radical (unpaired) electrons. The van der Waals surface area contributed by atoms with Crippen LogP contribution in [0.4, 0.5) is 28.0 Å². The monoisotopic (exact) mass is 535 g/mol. The molecule has 0 unspecified atom stereocenters. The number of carboxylic acids is 1. The number of alkyl halides is 3. The quantitative estimate of drug-likeness (QED) is 0.306. The van der Waals surface area contributed by atoms with Gasteiger partial charge in [0, 0.05) is 16.6 Å². The molecular formula is C24H14ClF4N3O5. The molecule has 4 rings (SSSR count). The van der Waals surface area contributed by atoms with E-state index in [2.05, 4.69) is 15.2 Å². The minimum Gasteiger partial charge on any atom is -0.478 e. The van der Waals surface area contributed by atoms with Crippen molar-refractivity contribution in [2.45, 2.75) is 6.18 Å². The molecule has 0 saturated heterocycles. The van der Waals surface area contributed by atoms with E-state index < -0.39 is 46.1 Å². The van der Waals surface area contributed by atoms with E-state index in [0.29, 0.717) is 10.7 Å². The number of carbonyl (C=O) groups excluding carboxylic acids is 2. The Bertz CT molecular complexity index is 1580. The van der Waals surface area contributed by atoms with Gasteiger partial charge in [-0.25, -0.2) is 14.0 Å². The first-order chi connectivity index (χ1) is 17.4. The number of anilines is 1. The fourth-order valence-electron chi connectivity index (χ4n) is 3.64. The highest BCUT2D eigenvalue weighted by molar-refractivity contribution is 6.34. The summed E-state index contributed by atoms with van der Waals surface area (Å²) in [6.07, 6.45) is -5.80. The number of ether oxygens (including phenoxy) is 1. The average Bonchev–Trinajstić information content (AvgIpc) is 3.21. The van der Waals surface area contributed by atoms with E-state index in [4.69, 9.17) is 16.7 Å². The molecule has 0 saturated carbocycles. The number of nitrogens with zero attached hydrogens (tertiary/aromatic N) is 2. The lowest BCUT2D eigenvalue weighted by Crippen LogP contribution is -2.20. The molecule has 8 nitrogen and oxygen atoms in total. The fraction of sp³-hybridized carbons (Fsp3) is 0.0833. The maximum Gasteiger partial charge on any atom is 0.417 e. The van der Waals surface area contributed by atoms with E-state index in [-0.39, 0.29) is 33.4 Å². The molecule has 0 spiro atoms. The summed E-state index contributed by atoms with van der Waals surface area (Å²) in [5, 5.41) is 15.2. The molecule has 0 bridgehead atoms. The second-order valence-corrected chi connectivity index (χ2v) is 7.98. The van der Waals surface area contributed by atoms with Crippen molar-refractivity contribution in [3.05, 3.63) is 82.1 Å². The van der Waals surface area contributed by atoms with Crippen LogP contribution in [0.1, 0.15) is 26.3 Å². The van der Waals surface area contributed by atoms with Crippen LogP contribution >= 0.6 is 11.6 Å². The van der Waals surface area contributed by atoms with Gasteiger partial charge in [-0.15, -0.1) is 0 Å². The Morgan fingerprint density at radius 3 is 2.43 bits per heavy atom. The molecular weight excluding hydrogens is 522 g/mol. The van der Waals surface area contributed by atoms with Crippen molar-refractivity contribution in [2.24, 2.45) is 0 Å². The Hall–Kier alpha value is -4.45. The lowest BCUT2D eigenvalue weighted by Gasteiger charge is -2.13. The van der Waals surface area contributed by atoms with Gasteiger partial charge in [0.2, 0.25) is 0 Å². The molecule has 1 aromatic heterocycles. The van der Waals surface area contributed by atoms with Crippen molar-refractivity contribution in [1.82, 2.24) is 9.78 Å². The van der Waals surface area contributed by atoms with Crippen LogP contribution in [0.2, 0.25) is 5.02 Å². The van der Waals surface area contributed by atoms with E-state index in [1.165, 1.54) is 18.2 Å². The zero-order chi connectivity index (χ0) is 27.1. The van der Waals surface area contributed by atoms with Crippen molar-refractivity contribution in [3.8, 4) is 11.3 Å². The molecule has 0 aliphatic heterocycles. The van der Waals surface area contributed by atoms with E-state index in [0.717, 1.165) is 37.4 Å². The summed E-state index contributed by atoms with van der Waals surface area (Å²) >= 11 is 6.00. The Kier molecular flexibility index (Phi) is 6.61. The number of halogens is 5. The molecule has 0 aliphatic carbocycles. The van der Waals surface area contributed by atoms with Gasteiger partial charge in [-0.2, -0.15) is 23.0 Å². The smallest absolute Gasteiger partial charge is 0.417 e. The predicted octanol–water partition coefficient (Wildman–Crippen LogP) is 6.08. The number of carbonyl (C=O) groups is 3. The molecule has 0 atom stereocenters. The second kappa shape index (κ2) is 9.54. The number of carboxylic acid groups (broad SMARTS) is 1. The van der Waals surface area contributed by atoms with Gasteiger partial charge in [0.05, 0.1) is 34.3 Å². The Balaban J connectivity index is 1.99. The highest BCUT2D eigenvalue weighted by Gasteiger charge is 2.37. The van der Waals surface area contributed by atoms with Crippen molar-refractivity contribution < 1.29 is 41.8 Å². The summed E-state index contributed by atoms with van der Waals surface area (Å²) in [4.78, 5) is 36.3. The first-order valence-electron chi connectivity index (χ1n) is 10.2. The van der Waals surface area contributed by atoms with Gasteiger partial charge in [0.1, 0.15) is 11.5 Å². The van der Waals surface area contributed by atoms with Gasteiger partial charge in [-0.1, -0.05) is 17.7 Å². The number of aromatic carboxylic acids is 1. The molecule has 3 aromatic carbocycles. The molecule has 1 amide bonds. The van der Waals surface area contributed by atoms with Crippen molar-refractivity contribution in [3.63, 3.8) is 0 Å². The Labute approximate surface area is 210 Å². The molecule has 4 aromatic rings. The molecule has 0 fully saturated rings. The first kappa shape index (κ1) is 25.6. The third kappa shape index (κ3) is 4.83. The fourth-order valence-corrected chi connectivity index (χ4v) is 3.89. The SMILES string of the molecule is COC(=O)Nc1ccc2c(-c3ccc(C(=O)O)cc3F)nn(C(=O)c3c(Cl)cccc3C(F)(F)F)c2c1. The molecule has 1 heterocycles. The van der Waals surface area contributed by atoms with Gasteiger partial charge in [-0.3, -0.25) is 10.1 Å². The number of nitrogens with one attached hydrogen (secondary N) is 1. The van der Waals surface area contributed by atoms with Crippen LogP contribution in [0.15, 0.2) is 54.6 Å². The molecule has 13 heteroatoms. The van der Waals surface area contributed by atoms with Gasteiger partial charge >= 0.3 is 18.2 Å². The summed E-state index contributed by atoms with van der Waals surface area (Å²) in [5.74, 6) is -3.65. The van der Waals surface area contributed by atoms with Crippen LogP contribution in [0.5, 0.6) is 0 Å². The molecule has 0 aliphatic rings. The Morgan fingerprint density at radius 2 is 1.81 bits per heavy atom. The number of methoxy groups -OCH3 is 1. The van der Waals surface area contributed by atoms with E-state index in [1.54, 1.807) is 0 Å². The number of hydrogen-bond acceptors (Lipinski definition) is 5. The number of fused-ring (bicyclic) bond motifs is 1. The maximum absolute atomic E-state index is 14.9. The third-order valence-electron chi connectivity index (χ3n) is 5.31. The van der Waals surface area contributed by atoms with Crippen molar-refractivity contribution in [1.29, 1.82) is 0 Å². The maximum atomic E-state index is 14.9. The number of benzene rings is 3. The summed E-state index contributed by atoms with van der Waals surface area (Å²) < 4.78 is 61.1. The zero-order valence-electron chi connectivity index (χ0n) is 18.6. The van der Waals surface area contributed by atoms with Crippen LogP contribution in [-0.4, -0.2) is 40.0 Å². The predicted molar refractivity (Wildman–Crippen MR) is 124 cm³/mol. The largest absolute Gasteiger partial charge is 0.478 e. The van der Waals surface area contributed by atoms with Crippen LogP contribution in [0.25, 0.3) is 22.2 Å². The zero-order valence-corrected chi connectivity index (χ0v) is 19.3. The van der Waals surface area contributed by atoms with E-state index >= 15 is 0 Å². The lowest BCUT2D eigenvalue weighted by molar-refractivity contribution is -0.137. The highest BCUT2D eigenvalue weighted by atomic mass is 35.5. The summed E-state index contributed by atoms with van der Waals surface area (Å²) in [5.41, 5.74) is -2.93. The van der Waals surface area contributed by atoms with Gasteiger partial charge < -0.3 is 9.84 Å². The first-order valence-corrected chi connectivity index (χ1v) is 10.6. The lowest BCUT2D eigenvalue weighted by atomic mass is 10.0. The summed E-state index contributed by atoms with van der Waals surface area (Å²) in [6, 6.07) is 9.75. The summed E-state index contributed by atoms with van der Waals surface area (Å²) in [6.45, 7) is 0. The summed E-state index contributed by atoms with van der Waals surface area (Å²) in [7, 11) is 1.11. The van der Waals surface area contributed by atoms with Crippen LogP contribution in [0, 0.1) is 5.82 Å². The van der Waals surface area contributed by atoms with Gasteiger partial charge in [0.15, 0.2) is 0 Å². The van der Waals surface area contributed by atoms with Crippen molar-refractivity contribution in [2.75, 3.05) is 12.4 Å². The van der Waals surface area contributed by atoms with Crippen LogP contribution in [0.3, 0.4) is 0 Å². The third-order valence-corrected chi connectivity index (χ3v) is 5.62. The number of aromatic nitrogens is 2. The average molecular weight is 536 g/mol. The van der Waals surface area contributed by atoms with Crippen molar-refractivity contribution >= 4 is 46.2 Å². The standard InChI is InChI=1S/C24H14ClF4N3O5/c1-37-23(36)30-12-6-8-14-18(10-12)32(21(33)19-15(24(27,28)29)3-2-4-16(19)25)31-20(14)13-7-5-11(22(34)35)9-17(13)26/h2-10H,1H3,(H,30,36)(H,34,35). The molecule has 37 heavy (non-hydrogen) atoms. The van der Waals surface area contributed by atoms with E-state index in [9.17, 15) is 31.9 Å². The second-order valence-electron chi connectivity index (χ2n) is 7.57. The minimum absolute atomic E-state index is 0.0938. The topological polar surface area (TPSA) is 111 Å². The molecule has 2 N–H and O–H groups in total. The van der Waals surface area contributed by atoms with Crippen LogP contribution < -0.4 is 5.32 Å². The number of hydrogen-bond donors (Lipinski definition) is 2. The molecule has 190 valence electrons. The van der Waals surface area contributed by atoms with Crippen LogP contribution in [-0.2, 0) is 10.9 Å². The highest BCUT2D eigenvalue weighted by Crippen LogP contribution is 2.37. The van der Waals surface area contributed by atoms with Gasteiger partial charge in [0.25, 0.3) is 5.91 Å². The van der Waals surface area contributed by atoms with E-state index in [1.807, 2.05) is 0 Å². The number of amides is 1. The van der Waals surface area contributed by atoms with Gasteiger partial charge in [-0.05, 0) is 48.5 Å². The Morgan fingerprint density at radius 1 is 1.08 bits per heavy atom. The minimum atomic E-state index is -4.93. The normalized spacial score (nSPS) is 11.4.